The minimum absolute atomic E-state index is 0.0192. The van der Waals surface area contributed by atoms with E-state index in [1.807, 2.05) is 30.3 Å². The Labute approximate surface area is 132 Å². The Morgan fingerprint density at radius 2 is 1.95 bits per heavy atom. The number of rotatable bonds is 5. The van der Waals surface area contributed by atoms with Crippen molar-refractivity contribution in [3.8, 4) is 11.1 Å². The third kappa shape index (κ3) is 2.87. The molecule has 0 saturated carbocycles. The van der Waals surface area contributed by atoms with Crippen LogP contribution in [0.4, 0.5) is 5.69 Å². The van der Waals surface area contributed by atoms with Crippen molar-refractivity contribution in [3.63, 3.8) is 0 Å². The summed E-state index contributed by atoms with van der Waals surface area (Å²) in [5.74, 6) is -0.459. The Bertz CT molecular complexity index is 691. The molecule has 0 aliphatic rings. The summed E-state index contributed by atoms with van der Waals surface area (Å²) in [6.45, 7) is 5.26. The molecule has 22 heavy (non-hydrogen) atoms. The van der Waals surface area contributed by atoms with Gasteiger partial charge < -0.3 is 4.74 Å². The molecule has 1 heterocycles. The van der Waals surface area contributed by atoms with Gasteiger partial charge in [0.05, 0.1) is 22.0 Å². The molecule has 1 aromatic heterocycles. The largest absolute Gasteiger partial charge is 0.465 e. The van der Waals surface area contributed by atoms with E-state index in [4.69, 9.17) is 4.74 Å². The van der Waals surface area contributed by atoms with Gasteiger partial charge in [-0.15, -0.1) is 11.3 Å². The highest BCUT2D eigenvalue weighted by molar-refractivity contribution is 7.11. The summed E-state index contributed by atoms with van der Waals surface area (Å²) >= 11 is 1.22. The van der Waals surface area contributed by atoms with Crippen LogP contribution >= 0.6 is 11.3 Å². The summed E-state index contributed by atoms with van der Waals surface area (Å²) < 4.78 is 5.06. The highest BCUT2D eigenvalue weighted by Gasteiger charge is 2.40. The van der Waals surface area contributed by atoms with E-state index in [-0.39, 0.29) is 12.3 Å². The van der Waals surface area contributed by atoms with Gasteiger partial charge in [-0.05, 0) is 26.3 Å². The van der Waals surface area contributed by atoms with Crippen LogP contribution in [-0.2, 0) is 14.9 Å². The summed E-state index contributed by atoms with van der Waals surface area (Å²) in [6, 6.07) is 9.14. The second kappa shape index (κ2) is 6.27. The second-order valence-electron chi connectivity index (χ2n) is 5.30. The summed E-state index contributed by atoms with van der Waals surface area (Å²) in [5.41, 5.74) is 0.212. The molecular formula is C16H17NO4S. The minimum atomic E-state index is -1.06. The van der Waals surface area contributed by atoms with Crippen molar-refractivity contribution in [2.75, 3.05) is 6.61 Å². The first-order chi connectivity index (χ1) is 10.4. The number of nitrogens with zero attached hydrogens (tertiary/aromatic N) is 1. The molecular weight excluding hydrogens is 302 g/mol. The van der Waals surface area contributed by atoms with Gasteiger partial charge in [-0.2, -0.15) is 0 Å². The van der Waals surface area contributed by atoms with Crippen LogP contribution in [0, 0.1) is 10.1 Å². The van der Waals surface area contributed by atoms with Gasteiger partial charge in [-0.1, -0.05) is 30.3 Å². The molecule has 0 radical (unpaired) electrons. The van der Waals surface area contributed by atoms with E-state index >= 15 is 0 Å². The molecule has 0 atom stereocenters. The zero-order valence-corrected chi connectivity index (χ0v) is 13.5. The van der Waals surface area contributed by atoms with Gasteiger partial charge in [0.25, 0.3) is 5.69 Å². The quantitative estimate of drug-likeness (QED) is 0.471. The lowest BCUT2D eigenvalue weighted by Gasteiger charge is -2.20. The van der Waals surface area contributed by atoms with Crippen molar-refractivity contribution >= 4 is 23.0 Å². The Hall–Kier alpha value is -2.21. The number of esters is 1. The van der Waals surface area contributed by atoms with Crippen molar-refractivity contribution in [3.05, 3.63) is 50.7 Å². The van der Waals surface area contributed by atoms with E-state index in [1.165, 1.54) is 11.3 Å². The molecule has 2 rings (SSSR count). The number of carbonyl (C=O) groups excluding carboxylic acids is 1. The Kier molecular flexibility index (Phi) is 4.61. The first-order valence-corrected chi connectivity index (χ1v) is 7.76. The summed E-state index contributed by atoms with van der Waals surface area (Å²) in [7, 11) is 0. The maximum absolute atomic E-state index is 12.1. The maximum atomic E-state index is 12.1. The third-order valence-electron chi connectivity index (χ3n) is 3.39. The fourth-order valence-corrected chi connectivity index (χ4v) is 3.36. The first kappa shape index (κ1) is 16.2. The molecule has 0 aliphatic carbocycles. The van der Waals surface area contributed by atoms with E-state index in [9.17, 15) is 14.9 Å². The van der Waals surface area contributed by atoms with Gasteiger partial charge in [0.15, 0.2) is 0 Å². The number of benzene rings is 1. The molecule has 0 amide bonds. The molecule has 5 nitrogen and oxygen atoms in total. The number of hydrogen-bond acceptors (Lipinski definition) is 5. The third-order valence-corrected chi connectivity index (χ3v) is 4.68. The summed E-state index contributed by atoms with van der Waals surface area (Å²) in [4.78, 5) is 23.7. The van der Waals surface area contributed by atoms with Crippen LogP contribution in [0.5, 0.6) is 0 Å². The summed E-state index contributed by atoms with van der Waals surface area (Å²) in [6.07, 6.45) is 0. The lowest BCUT2D eigenvalue weighted by atomic mass is 9.89. The Morgan fingerprint density at radius 1 is 1.32 bits per heavy atom. The van der Waals surface area contributed by atoms with E-state index in [0.717, 1.165) is 5.56 Å². The average molecular weight is 319 g/mol. The van der Waals surface area contributed by atoms with Gasteiger partial charge in [0.2, 0.25) is 0 Å². The topological polar surface area (TPSA) is 69.4 Å². The van der Waals surface area contributed by atoms with Crippen molar-refractivity contribution in [1.29, 1.82) is 0 Å². The van der Waals surface area contributed by atoms with Crippen LogP contribution in [0.2, 0.25) is 0 Å². The monoisotopic (exact) mass is 319 g/mol. The molecule has 0 aliphatic heterocycles. The predicted octanol–water partition coefficient (Wildman–Crippen LogP) is 4.16. The Balaban J connectivity index is 2.57. The van der Waals surface area contributed by atoms with Gasteiger partial charge >= 0.3 is 5.97 Å². The van der Waals surface area contributed by atoms with E-state index in [1.54, 1.807) is 26.2 Å². The molecule has 116 valence electrons. The van der Waals surface area contributed by atoms with Crippen LogP contribution < -0.4 is 0 Å². The van der Waals surface area contributed by atoms with Gasteiger partial charge in [0.1, 0.15) is 5.41 Å². The normalized spacial score (nSPS) is 11.2. The van der Waals surface area contributed by atoms with Crippen LogP contribution in [0.15, 0.2) is 35.7 Å². The number of carbonyl (C=O) groups is 1. The highest BCUT2D eigenvalue weighted by Crippen LogP contribution is 2.44. The summed E-state index contributed by atoms with van der Waals surface area (Å²) in [5, 5.41) is 13.3. The highest BCUT2D eigenvalue weighted by atomic mass is 32.1. The van der Waals surface area contributed by atoms with Gasteiger partial charge in [-0.25, -0.2) is 0 Å². The SMILES string of the molecule is CCOC(=O)C(C)(C)c1scc(-c2ccccc2)c1[N+](=O)[O-]. The second-order valence-corrected chi connectivity index (χ2v) is 6.18. The van der Waals surface area contributed by atoms with Crippen LogP contribution in [0.3, 0.4) is 0 Å². The van der Waals surface area contributed by atoms with Crippen molar-refractivity contribution in [2.24, 2.45) is 0 Å². The lowest BCUT2D eigenvalue weighted by molar-refractivity contribution is -0.384. The van der Waals surface area contributed by atoms with Crippen LogP contribution in [0.1, 0.15) is 25.6 Å². The van der Waals surface area contributed by atoms with E-state index in [0.29, 0.717) is 10.4 Å². The fraction of sp³-hybridized carbons (Fsp3) is 0.312. The van der Waals surface area contributed by atoms with E-state index in [2.05, 4.69) is 0 Å². The van der Waals surface area contributed by atoms with Crippen LogP contribution in [-0.4, -0.2) is 17.5 Å². The van der Waals surface area contributed by atoms with Crippen molar-refractivity contribution < 1.29 is 14.5 Å². The maximum Gasteiger partial charge on any atom is 0.317 e. The van der Waals surface area contributed by atoms with Gasteiger partial charge in [-0.3, -0.25) is 14.9 Å². The molecule has 0 fully saturated rings. The Morgan fingerprint density at radius 3 is 2.50 bits per heavy atom. The predicted molar refractivity (Wildman–Crippen MR) is 86.1 cm³/mol. The first-order valence-electron chi connectivity index (χ1n) is 6.88. The number of ether oxygens (including phenoxy) is 1. The molecule has 0 unspecified atom stereocenters. The average Bonchev–Trinajstić information content (AvgIpc) is 2.94. The molecule has 2 aromatic rings. The zero-order valence-electron chi connectivity index (χ0n) is 12.7. The zero-order chi connectivity index (χ0) is 16.3. The molecule has 0 saturated heterocycles. The molecule has 0 spiro atoms. The number of thiophene rings is 1. The van der Waals surface area contributed by atoms with Crippen molar-refractivity contribution in [1.82, 2.24) is 0 Å². The fourth-order valence-electron chi connectivity index (χ4n) is 2.20. The molecule has 1 aromatic carbocycles. The smallest absolute Gasteiger partial charge is 0.317 e. The van der Waals surface area contributed by atoms with Crippen LogP contribution in [0.25, 0.3) is 11.1 Å². The van der Waals surface area contributed by atoms with E-state index < -0.39 is 16.3 Å². The standard InChI is InChI=1S/C16H17NO4S/c1-4-21-15(18)16(2,3)14-13(17(19)20)12(10-22-14)11-8-6-5-7-9-11/h5-10H,4H2,1-3H3. The number of hydrogen-bond donors (Lipinski definition) is 0. The van der Waals surface area contributed by atoms with Gasteiger partial charge in [0, 0.05) is 5.38 Å². The lowest BCUT2D eigenvalue weighted by Crippen LogP contribution is -2.30. The van der Waals surface area contributed by atoms with Crippen molar-refractivity contribution in [2.45, 2.75) is 26.2 Å². The molecule has 6 heteroatoms. The number of nitro groups is 1. The molecule has 0 bridgehead atoms. The molecule has 0 N–H and O–H groups in total. The minimum Gasteiger partial charge on any atom is -0.465 e.